The maximum absolute atomic E-state index is 6.18. The van der Waals surface area contributed by atoms with E-state index in [4.69, 9.17) is 16.3 Å². The maximum Gasteiger partial charge on any atom is 0.118 e. The van der Waals surface area contributed by atoms with Crippen molar-refractivity contribution in [1.29, 1.82) is 0 Å². The molecule has 1 fully saturated rings. The minimum atomic E-state index is 0.267. The topological polar surface area (TPSA) is 24.5 Å². The van der Waals surface area contributed by atoms with Gasteiger partial charge in [-0.3, -0.25) is 4.90 Å². The third-order valence-corrected chi connectivity index (χ3v) is 5.32. The molecule has 1 aliphatic rings. The SMILES string of the molecule is COc1ccc(C(c2ccc(Cl)s2)N2CCCNCC2)cc1. The van der Waals surface area contributed by atoms with Crippen LogP contribution < -0.4 is 10.1 Å². The fraction of sp³-hybridized carbons (Fsp3) is 0.412. The number of methoxy groups -OCH3 is 1. The van der Waals surface area contributed by atoms with Crippen LogP contribution in [0.1, 0.15) is 22.9 Å². The molecule has 0 bridgehead atoms. The first-order chi connectivity index (χ1) is 10.8. The minimum Gasteiger partial charge on any atom is -0.497 e. The molecule has 1 saturated heterocycles. The number of ether oxygens (including phenoxy) is 1. The number of hydrogen-bond donors (Lipinski definition) is 1. The Morgan fingerprint density at radius 2 is 1.95 bits per heavy atom. The standard InChI is InChI=1S/C17H21ClN2OS/c1-21-14-5-3-13(4-6-14)17(15-7-8-16(18)22-15)20-11-2-9-19-10-12-20/h3-8,17,19H,2,9-12H2,1H3. The molecule has 0 amide bonds. The highest BCUT2D eigenvalue weighted by Crippen LogP contribution is 2.36. The smallest absolute Gasteiger partial charge is 0.118 e. The molecule has 0 spiro atoms. The molecule has 22 heavy (non-hydrogen) atoms. The Morgan fingerprint density at radius 1 is 1.14 bits per heavy atom. The lowest BCUT2D eigenvalue weighted by molar-refractivity contribution is 0.244. The van der Waals surface area contributed by atoms with Gasteiger partial charge in [0.25, 0.3) is 0 Å². The summed E-state index contributed by atoms with van der Waals surface area (Å²) in [5.74, 6) is 0.893. The third kappa shape index (κ3) is 3.63. The zero-order chi connectivity index (χ0) is 15.4. The van der Waals surface area contributed by atoms with Gasteiger partial charge in [0.2, 0.25) is 0 Å². The predicted octanol–water partition coefficient (Wildman–Crippen LogP) is 3.79. The molecule has 5 heteroatoms. The van der Waals surface area contributed by atoms with Gasteiger partial charge in [0.05, 0.1) is 17.5 Å². The van der Waals surface area contributed by atoms with Crippen LogP contribution in [0.2, 0.25) is 4.34 Å². The normalized spacial score (nSPS) is 17.9. The summed E-state index contributed by atoms with van der Waals surface area (Å²) in [6.45, 7) is 4.27. The number of thiophene rings is 1. The maximum atomic E-state index is 6.18. The van der Waals surface area contributed by atoms with Crippen LogP contribution >= 0.6 is 22.9 Å². The molecule has 1 atom stereocenters. The summed E-state index contributed by atoms with van der Waals surface area (Å²) < 4.78 is 6.13. The number of rotatable bonds is 4. The Balaban J connectivity index is 1.93. The summed E-state index contributed by atoms with van der Waals surface area (Å²) in [5.41, 5.74) is 1.29. The fourth-order valence-electron chi connectivity index (χ4n) is 2.94. The molecule has 0 saturated carbocycles. The van der Waals surface area contributed by atoms with Gasteiger partial charge in [-0.25, -0.2) is 0 Å². The van der Waals surface area contributed by atoms with Crippen LogP contribution in [0.3, 0.4) is 0 Å². The quantitative estimate of drug-likeness (QED) is 0.919. The molecule has 3 rings (SSSR count). The Hall–Kier alpha value is -1.07. The number of hydrogen-bond acceptors (Lipinski definition) is 4. The van der Waals surface area contributed by atoms with Crippen molar-refractivity contribution in [1.82, 2.24) is 10.2 Å². The van der Waals surface area contributed by atoms with Crippen LogP contribution in [0.4, 0.5) is 0 Å². The molecule has 1 aromatic heterocycles. The summed E-state index contributed by atoms with van der Waals surface area (Å²) in [5, 5.41) is 3.47. The van der Waals surface area contributed by atoms with Gasteiger partial charge in [-0.1, -0.05) is 23.7 Å². The summed E-state index contributed by atoms with van der Waals surface area (Å²) in [6.07, 6.45) is 1.17. The molecule has 0 radical (unpaired) electrons. The first-order valence-electron chi connectivity index (χ1n) is 7.62. The Labute approximate surface area is 140 Å². The lowest BCUT2D eigenvalue weighted by Crippen LogP contribution is -2.32. The van der Waals surface area contributed by atoms with Crippen molar-refractivity contribution >= 4 is 22.9 Å². The van der Waals surface area contributed by atoms with Crippen LogP contribution in [0, 0.1) is 0 Å². The monoisotopic (exact) mass is 336 g/mol. The van der Waals surface area contributed by atoms with E-state index < -0.39 is 0 Å². The van der Waals surface area contributed by atoms with E-state index in [0.29, 0.717) is 0 Å². The van der Waals surface area contributed by atoms with Crippen LogP contribution in [0.25, 0.3) is 0 Å². The van der Waals surface area contributed by atoms with Gasteiger partial charge < -0.3 is 10.1 Å². The van der Waals surface area contributed by atoms with Gasteiger partial charge in [0, 0.05) is 24.5 Å². The van der Waals surface area contributed by atoms with E-state index >= 15 is 0 Å². The van der Waals surface area contributed by atoms with Crippen molar-refractivity contribution < 1.29 is 4.74 Å². The molecule has 1 N–H and O–H groups in total. The van der Waals surface area contributed by atoms with E-state index in [9.17, 15) is 0 Å². The number of benzene rings is 1. The highest BCUT2D eigenvalue weighted by molar-refractivity contribution is 7.16. The lowest BCUT2D eigenvalue weighted by Gasteiger charge is -2.30. The first kappa shape index (κ1) is 15.8. The molecule has 0 aliphatic carbocycles. The Kier molecular flexibility index (Phi) is 5.37. The Morgan fingerprint density at radius 3 is 2.64 bits per heavy atom. The molecular weight excluding hydrogens is 316 g/mol. The zero-order valence-electron chi connectivity index (χ0n) is 12.7. The third-order valence-electron chi connectivity index (χ3n) is 4.03. The van der Waals surface area contributed by atoms with Gasteiger partial charge in [-0.15, -0.1) is 11.3 Å². The lowest BCUT2D eigenvalue weighted by atomic mass is 10.0. The average molecular weight is 337 g/mol. The molecule has 1 aromatic carbocycles. The van der Waals surface area contributed by atoms with Crippen molar-refractivity contribution in [3.63, 3.8) is 0 Å². The van der Waals surface area contributed by atoms with E-state index in [1.807, 2.05) is 18.2 Å². The highest BCUT2D eigenvalue weighted by atomic mass is 35.5. The van der Waals surface area contributed by atoms with Crippen LogP contribution in [-0.2, 0) is 0 Å². The molecule has 1 aliphatic heterocycles. The summed E-state index contributed by atoms with van der Waals surface area (Å²) in [7, 11) is 1.70. The second-order valence-electron chi connectivity index (χ2n) is 5.46. The van der Waals surface area contributed by atoms with Crippen molar-refractivity contribution in [3.05, 3.63) is 51.2 Å². The fourth-order valence-corrected chi connectivity index (χ4v) is 4.17. The Bertz CT molecular complexity index is 591. The number of halogens is 1. The van der Waals surface area contributed by atoms with Crippen molar-refractivity contribution in [2.24, 2.45) is 0 Å². The van der Waals surface area contributed by atoms with Crippen molar-refractivity contribution in [2.75, 3.05) is 33.3 Å². The molecule has 118 valence electrons. The molecule has 2 heterocycles. The van der Waals surface area contributed by atoms with E-state index in [1.165, 1.54) is 16.9 Å². The zero-order valence-corrected chi connectivity index (χ0v) is 14.3. The second kappa shape index (κ2) is 7.47. The first-order valence-corrected chi connectivity index (χ1v) is 8.81. The van der Waals surface area contributed by atoms with Crippen molar-refractivity contribution in [3.8, 4) is 5.75 Å². The van der Waals surface area contributed by atoms with Gasteiger partial charge in [-0.05, 0) is 42.8 Å². The van der Waals surface area contributed by atoms with Gasteiger partial charge in [0.15, 0.2) is 0 Å². The second-order valence-corrected chi connectivity index (χ2v) is 7.20. The molecule has 3 nitrogen and oxygen atoms in total. The highest BCUT2D eigenvalue weighted by Gasteiger charge is 2.24. The number of nitrogens with one attached hydrogen (secondary N) is 1. The molecular formula is C17H21ClN2OS. The predicted molar refractivity (Wildman–Crippen MR) is 93.2 cm³/mol. The summed E-state index contributed by atoms with van der Waals surface area (Å²) >= 11 is 7.85. The minimum absolute atomic E-state index is 0.267. The molecule has 1 unspecified atom stereocenters. The van der Waals surface area contributed by atoms with Gasteiger partial charge in [0.1, 0.15) is 5.75 Å². The number of nitrogens with zero attached hydrogens (tertiary/aromatic N) is 1. The van der Waals surface area contributed by atoms with Crippen LogP contribution in [0.15, 0.2) is 36.4 Å². The van der Waals surface area contributed by atoms with E-state index in [0.717, 1.165) is 36.3 Å². The van der Waals surface area contributed by atoms with Gasteiger partial charge >= 0.3 is 0 Å². The van der Waals surface area contributed by atoms with Crippen molar-refractivity contribution in [2.45, 2.75) is 12.5 Å². The van der Waals surface area contributed by atoms with Crippen LogP contribution in [0.5, 0.6) is 5.75 Å². The largest absolute Gasteiger partial charge is 0.497 e. The summed E-state index contributed by atoms with van der Waals surface area (Å²) in [4.78, 5) is 3.85. The summed E-state index contributed by atoms with van der Waals surface area (Å²) in [6, 6.07) is 12.8. The van der Waals surface area contributed by atoms with Gasteiger partial charge in [-0.2, -0.15) is 0 Å². The van der Waals surface area contributed by atoms with Crippen LogP contribution in [-0.4, -0.2) is 38.2 Å². The molecule has 2 aromatic rings. The van der Waals surface area contributed by atoms with E-state index in [-0.39, 0.29) is 6.04 Å². The average Bonchev–Trinajstić information content (AvgIpc) is 2.80. The van der Waals surface area contributed by atoms with E-state index in [1.54, 1.807) is 18.4 Å². The van der Waals surface area contributed by atoms with E-state index in [2.05, 4.69) is 28.4 Å².